The van der Waals surface area contributed by atoms with Crippen LogP contribution in [0.3, 0.4) is 0 Å². The Morgan fingerprint density at radius 3 is 2.42 bits per heavy atom. The summed E-state index contributed by atoms with van der Waals surface area (Å²) in [5.74, 6) is -0.493. The van der Waals surface area contributed by atoms with Crippen LogP contribution in [0.5, 0.6) is 0 Å². The normalized spacial score (nSPS) is 16.3. The van der Waals surface area contributed by atoms with Gasteiger partial charge in [-0.25, -0.2) is 0 Å². The Morgan fingerprint density at radius 1 is 1.02 bits per heavy atom. The van der Waals surface area contributed by atoms with Crippen LogP contribution >= 0.6 is 23.2 Å². The number of ether oxygens (including phenoxy) is 1. The molecule has 3 unspecified atom stereocenters. The van der Waals surface area contributed by atoms with E-state index in [0.29, 0.717) is 29.3 Å². The van der Waals surface area contributed by atoms with Gasteiger partial charge in [-0.2, -0.15) is 0 Å². The van der Waals surface area contributed by atoms with Gasteiger partial charge in [-0.05, 0) is 0 Å². The van der Waals surface area contributed by atoms with Gasteiger partial charge in [0.2, 0.25) is 0 Å². The van der Waals surface area contributed by atoms with Gasteiger partial charge in [0.25, 0.3) is 0 Å². The molecule has 5 rings (SSSR count). The molecule has 0 saturated carbocycles. The van der Waals surface area contributed by atoms with E-state index in [2.05, 4.69) is 19.1 Å². The number of nitro benzene ring substituents is 1. The molecular formula is C30H26AsCl2N3O4. The van der Waals surface area contributed by atoms with Crippen molar-refractivity contribution in [1.29, 1.82) is 0 Å². The fourth-order valence-corrected chi connectivity index (χ4v) is 8.99. The van der Waals surface area contributed by atoms with Gasteiger partial charge >= 0.3 is 250 Å². The Bertz CT molecular complexity index is 1600. The van der Waals surface area contributed by atoms with Crippen molar-refractivity contribution in [3.8, 4) is 11.3 Å². The van der Waals surface area contributed by atoms with Crippen LogP contribution in [0.25, 0.3) is 11.3 Å². The minimum absolute atomic E-state index is 0.00692. The van der Waals surface area contributed by atoms with Gasteiger partial charge in [-0.1, -0.05) is 0 Å². The zero-order valence-corrected chi connectivity index (χ0v) is 25.5. The van der Waals surface area contributed by atoms with E-state index in [1.54, 1.807) is 12.1 Å². The summed E-state index contributed by atoms with van der Waals surface area (Å²) < 4.78 is 7.06. The van der Waals surface area contributed by atoms with Crippen molar-refractivity contribution in [1.82, 2.24) is 9.97 Å². The van der Waals surface area contributed by atoms with E-state index < -0.39 is 26.6 Å². The molecule has 4 aromatic rings. The van der Waals surface area contributed by atoms with Crippen molar-refractivity contribution in [2.75, 3.05) is 0 Å². The summed E-state index contributed by atoms with van der Waals surface area (Å²) in [5, 5.41) is 12.1. The molecule has 1 heterocycles. The van der Waals surface area contributed by atoms with Crippen molar-refractivity contribution >= 4 is 55.1 Å². The standard InChI is InChI=1S/C30H26AsCl2N3O4/c1-3-24-28(22-14-11-19(32)16-23(22)33)34-25(4-2)29(35-24)31-27-21-8-6-5-7-18(21)15-26(27)40-30(37)17-9-12-20(13-10-17)36(38)39/h5-14,16,26-27,31H,3-4,15H2,1-2H3. The summed E-state index contributed by atoms with van der Waals surface area (Å²) in [6, 6.07) is 19.1. The molecule has 10 heteroatoms. The molecule has 3 aromatic carbocycles. The van der Waals surface area contributed by atoms with E-state index in [4.69, 9.17) is 37.9 Å². The topological polar surface area (TPSA) is 95.2 Å². The Kier molecular flexibility index (Phi) is 8.55. The predicted octanol–water partition coefficient (Wildman–Crippen LogP) is 6.07. The third-order valence-corrected chi connectivity index (χ3v) is 11.0. The predicted molar refractivity (Wildman–Crippen MR) is 158 cm³/mol. The molecule has 0 amide bonds. The number of benzene rings is 3. The van der Waals surface area contributed by atoms with Crippen molar-refractivity contribution in [3.05, 3.63) is 115 Å². The van der Waals surface area contributed by atoms with Gasteiger partial charge in [0.15, 0.2) is 0 Å². The van der Waals surface area contributed by atoms with Crippen LogP contribution in [0.4, 0.5) is 5.69 Å². The van der Waals surface area contributed by atoms with Crippen LogP contribution in [0.1, 0.15) is 51.4 Å². The second-order valence-corrected chi connectivity index (χ2v) is 13.2. The van der Waals surface area contributed by atoms with E-state index in [-0.39, 0.29) is 22.1 Å². The van der Waals surface area contributed by atoms with Crippen LogP contribution in [-0.2, 0) is 24.0 Å². The number of aromatic nitrogens is 2. The molecule has 3 atom stereocenters. The Labute approximate surface area is 248 Å². The SMILES string of the molecule is CCc1nc(-c2ccc(Cl)cc2Cl)c(CC)nc1[AsH]C1c2ccccc2CC1OC(=O)c1ccc([N+](=O)[O-])cc1. The van der Waals surface area contributed by atoms with E-state index in [1.807, 2.05) is 25.1 Å². The number of aryl methyl sites for hydroxylation is 2. The quantitative estimate of drug-likeness (QED) is 0.101. The number of esters is 1. The van der Waals surface area contributed by atoms with E-state index in [9.17, 15) is 14.9 Å². The zero-order valence-electron chi connectivity index (χ0n) is 21.9. The number of hydrogen-bond acceptors (Lipinski definition) is 6. The summed E-state index contributed by atoms with van der Waals surface area (Å²) in [6.45, 7) is 4.11. The average Bonchev–Trinajstić information content (AvgIpc) is 3.29. The molecule has 0 radical (unpaired) electrons. The molecule has 1 aromatic heterocycles. The molecule has 0 bridgehead atoms. The number of rotatable bonds is 8. The van der Waals surface area contributed by atoms with E-state index in [0.717, 1.165) is 32.7 Å². The Morgan fingerprint density at radius 2 is 1.75 bits per heavy atom. The van der Waals surface area contributed by atoms with E-state index in [1.165, 1.54) is 29.8 Å². The molecular weight excluding hydrogens is 612 g/mol. The summed E-state index contributed by atoms with van der Waals surface area (Å²) in [6.07, 6.45) is 1.64. The van der Waals surface area contributed by atoms with Crippen LogP contribution in [0.2, 0.25) is 10.0 Å². The molecule has 0 N–H and O–H groups in total. The van der Waals surface area contributed by atoms with Gasteiger partial charge in [-0.3, -0.25) is 0 Å². The Hall–Kier alpha value is -3.25. The second-order valence-electron chi connectivity index (χ2n) is 9.42. The molecule has 1 aliphatic rings. The summed E-state index contributed by atoms with van der Waals surface area (Å²) in [7, 11) is 0. The number of non-ortho nitro benzene ring substituents is 1. The maximum absolute atomic E-state index is 13.1. The van der Waals surface area contributed by atoms with Gasteiger partial charge < -0.3 is 0 Å². The van der Waals surface area contributed by atoms with Crippen molar-refractivity contribution < 1.29 is 14.5 Å². The fraction of sp³-hybridized carbons (Fsp3) is 0.233. The summed E-state index contributed by atoms with van der Waals surface area (Å²) in [4.78, 5) is 33.8. The Balaban J connectivity index is 1.47. The first-order valence-electron chi connectivity index (χ1n) is 12.9. The molecule has 0 spiro atoms. The average molecular weight is 638 g/mol. The minimum atomic E-state index is -0.942. The van der Waals surface area contributed by atoms with Gasteiger partial charge in [0.05, 0.1) is 0 Å². The number of halogens is 2. The summed E-state index contributed by atoms with van der Waals surface area (Å²) in [5.41, 5.74) is 5.90. The number of carbonyl (C=O) groups is 1. The first kappa shape index (κ1) is 28.3. The van der Waals surface area contributed by atoms with Crippen LogP contribution in [0.15, 0.2) is 66.7 Å². The second kappa shape index (κ2) is 12.1. The molecule has 0 aliphatic heterocycles. The van der Waals surface area contributed by atoms with E-state index >= 15 is 0 Å². The first-order chi connectivity index (χ1) is 19.3. The number of carbonyl (C=O) groups excluding carboxylic acids is 1. The number of nitrogens with zero attached hydrogens (tertiary/aromatic N) is 3. The van der Waals surface area contributed by atoms with Crippen LogP contribution in [-0.4, -0.2) is 42.7 Å². The molecule has 1 aliphatic carbocycles. The zero-order chi connectivity index (χ0) is 28.4. The van der Waals surface area contributed by atoms with Crippen LogP contribution < -0.4 is 4.48 Å². The van der Waals surface area contributed by atoms with Gasteiger partial charge in [-0.15, -0.1) is 0 Å². The van der Waals surface area contributed by atoms with Crippen molar-refractivity contribution in [3.63, 3.8) is 0 Å². The number of hydrogen-bond donors (Lipinski definition) is 0. The molecule has 0 fully saturated rings. The first-order valence-corrected chi connectivity index (χ1v) is 16.0. The third kappa shape index (κ3) is 5.78. The van der Waals surface area contributed by atoms with Crippen LogP contribution in [0, 0.1) is 10.1 Å². The third-order valence-electron chi connectivity index (χ3n) is 6.94. The summed E-state index contributed by atoms with van der Waals surface area (Å²) >= 11 is 11.7. The molecule has 0 saturated heterocycles. The monoisotopic (exact) mass is 637 g/mol. The number of fused-ring (bicyclic) bond motifs is 1. The van der Waals surface area contributed by atoms with Crippen molar-refractivity contribution in [2.45, 2.75) is 43.9 Å². The van der Waals surface area contributed by atoms with Gasteiger partial charge in [0.1, 0.15) is 0 Å². The van der Waals surface area contributed by atoms with Gasteiger partial charge in [0, 0.05) is 0 Å². The molecule has 40 heavy (non-hydrogen) atoms. The number of nitro groups is 1. The molecule has 204 valence electrons. The maximum atomic E-state index is 13.1. The van der Waals surface area contributed by atoms with Crippen molar-refractivity contribution in [2.24, 2.45) is 0 Å². The molecule has 7 nitrogen and oxygen atoms in total. The fourth-order valence-electron chi connectivity index (χ4n) is 4.92.